The number of aromatic nitrogens is 3. The minimum atomic E-state index is 0.828. The molecule has 0 amide bonds. The highest BCUT2D eigenvalue weighted by atomic mass is 15.3. The minimum Gasteiger partial charge on any atom is -0.318 e. The van der Waals surface area contributed by atoms with E-state index in [9.17, 15) is 0 Å². The molecule has 0 spiro atoms. The van der Waals surface area contributed by atoms with Crippen molar-refractivity contribution in [2.24, 2.45) is 0 Å². The van der Waals surface area contributed by atoms with Crippen LogP contribution in [0.5, 0.6) is 0 Å². The van der Waals surface area contributed by atoms with Crippen molar-refractivity contribution in [2.75, 3.05) is 11.4 Å². The van der Waals surface area contributed by atoms with Gasteiger partial charge in [0.2, 0.25) is 5.95 Å². The smallest absolute Gasteiger partial charge is 0.225 e. The third kappa shape index (κ3) is 0.775. The topological polar surface area (TPSA) is 44.8 Å². The van der Waals surface area contributed by atoms with Crippen LogP contribution in [0.4, 0.5) is 5.95 Å². The second-order valence-electron chi connectivity index (χ2n) is 2.18. The third-order valence-electron chi connectivity index (χ3n) is 1.50. The fourth-order valence-corrected chi connectivity index (χ4v) is 1.00. The molecule has 0 fully saturated rings. The number of H-pyrrole nitrogens is 1. The van der Waals surface area contributed by atoms with Crippen LogP contribution in [0.15, 0.2) is 18.6 Å². The number of nitrogens with one attached hydrogen (secondary N) is 1. The maximum atomic E-state index is 4.01. The molecule has 4 nitrogen and oxygen atoms in total. The Morgan fingerprint density at radius 3 is 3.20 bits per heavy atom. The molecule has 1 aromatic heterocycles. The molecule has 1 aliphatic heterocycles. The molecule has 0 aromatic carbocycles. The lowest BCUT2D eigenvalue weighted by Gasteiger charge is -2.08. The van der Waals surface area contributed by atoms with Gasteiger partial charge in [-0.25, -0.2) is 5.10 Å². The van der Waals surface area contributed by atoms with Gasteiger partial charge in [0.25, 0.3) is 0 Å². The first-order valence-corrected chi connectivity index (χ1v) is 3.25. The summed E-state index contributed by atoms with van der Waals surface area (Å²) in [6, 6.07) is 0. The SMILES string of the molecule is C1=CN(c2ncn[nH]2)CC1. The minimum absolute atomic E-state index is 0.828. The normalized spacial score (nSPS) is 16.6. The zero-order valence-corrected chi connectivity index (χ0v) is 5.49. The predicted octanol–water partition coefficient (Wildman–Crippen LogP) is 0.528. The lowest BCUT2D eigenvalue weighted by molar-refractivity contribution is 0.939. The molecule has 2 rings (SSSR count). The summed E-state index contributed by atoms with van der Waals surface area (Å²) in [5.74, 6) is 0.828. The van der Waals surface area contributed by atoms with E-state index in [1.807, 2.05) is 11.1 Å². The lowest BCUT2D eigenvalue weighted by atomic mass is 10.5. The number of anilines is 1. The van der Waals surface area contributed by atoms with Crippen LogP contribution in [0.25, 0.3) is 0 Å². The van der Waals surface area contributed by atoms with Crippen molar-refractivity contribution in [1.29, 1.82) is 0 Å². The number of hydrogen-bond acceptors (Lipinski definition) is 3. The van der Waals surface area contributed by atoms with Gasteiger partial charge in [-0.3, -0.25) is 0 Å². The Labute approximate surface area is 58.6 Å². The van der Waals surface area contributed by atoms with Gasteiger partial charge in [-0.1, -0.05) is 6.08 Å². The fourth-order valence-electron chi connectivity index (χ4n) is 1.00. The first-order valence-electron chi connectivity index (χ1n) is 3.25. The molecule has 1 aromatic rings. The number of hydrogen-bond donors (Lipinski definition) is 1. The van der Waals surface area contributed by atoms with Gasteiger partial charge in [0.1, 0.15) is 6.33 Å². The summed E-state index contributed by atoms with van der Waals surface area (Å²) < 4.78 is 0. The molecule has 0 bridgehead atoms. The highest BCUT2D eigenvalue weighted by Gasteiger charge is 2.07. The van der Waals surface area contributed by atoms with Crippen LogP contribution in [-0.2, 0) is 0 Å². The Balaban J connectivity index is 2.20. The second-order valence-corrected chi connectivity index (χ2v) is 2.18. The highest BCUT2D eigenvalue weighted by Crippen LogP contribution is 2.10. The number of rotatable bonds is 1. The van der Waals surface area contributed by atoms with Gasteiger partial charge in [-0.15, -0.1) is 0 Å². The third-order valence-corrected chi connectivity index (χ3v) is 1.50. The van der Waals surface area contributed by atoms with E-state index in [1.54, 1.807) is 0 Å². The molecular weight excluding hydrogens is 128 g/mol. The average Bonchev–Trinajstić information content (AvgIpc) is 2.59. The van der Waals surface area contributed by atoms with Gasteiger partial charge in [-0.05, 0) is 6.42 Å². The molecule has 2 heterocycles. The van der Waals surface area contributed by atoms with Crippen molar-refractivity contribution in [2.45, 2.75) is 6.42 Å². The van der Waals surface area contributed by atoms with Gasteiger partial charge in [-0.2, -0.15) is 10.1 Å². The predicted molar refractivity (Wildman–Crippen MR) is 37.5 cm³/mol. The standard InChI is InChI=1S/C6H8N4/c1-2-4-10(3-1)6-7-5-8-9-6/h1,3,5H,2,4H2,(H,7,8,9). The van der Waals surface area contributed by atoms with E-state index in [-0.39, 0.29) is 0 Å². The molecule has 0 saturated carbocycles. The van der Waals surface area contributed by atoms with Crippen molar-refractivity contribution in [3.8, 4) is 0 Å². The van der Waals surface area contributed by atoms with Gasteiger partial charge in [0, 0.05) is 12.7 Å². The van der Waals surface area contributed by atoms with Crippen LogP contribution in [0, 0.1) is 0 Å². The van der Waals surface area contributed by atoms with Crippen molar-refractivity contribution >= 4 is 5.95 Å². The first kappa shape index (κ1) is 5.46. The molecule has 4 heteroatoms. The summed E-state index contributed by atoms with van der Waals surface area (Å²) >= 11 is 0. The highest BCUT2D eigenvalue weighted by molar-refractivity contribution is 5.35. The van der Waals surface area contributed by atoms with Crippen molar-refractivity contribution in [3.05, 3.63) is 18.6 Å². The molecule has 1 aliphatic rings. The summed E-state index contributed by atoms with van der Waals surface area (Å²) in [5.41, 5.74) is 0. The lowest BCUT2D eigenvalue weighted by Crippen LogP contribution is -2.13. The van der Waals surface area contributed by atoms with E-state index in [0.717, 1.165) is 18.9 Å². The zero-order valence-electron chi connectivity index (χ0n) is 5.49. The van der Waals surface area contributed by atoms with Gasteiger partial charge in [0.05, 0.1) is 0 Å². The van der Waals surface area contributed by atoms with E-state index < -0.39 is 0 Å². The fraction of sp³-hybridized carbons (Fsp3) is 0.333. The maximum Gasteiger partial charge on any atom is 0.225 e. The van der Waals surface area contributed by atoms with Crippen LogP contribution >= 0.6 is 0 Å². The van der Waals surface area contributed by atoms with Crippen LogP contribution in [0.3, 0.4) is 0 Å². The van der Waals surface area contributed by atoms with Gasteiger partial charge < -0.3 is 4.90 Å². The van der Waals surface area contributed by atoms with E-state index in [1.165, 1.54) is 6.33 Å². The maximum absolute atomic E-state index is 4.01. The monoisotopic (exact) mass is 136 g/mol. The van der Waals surface area contributed by atoms with Gasteiger partial charge >= 0.3 is 0 Å². The first-order chi connectivity index (χ1) is 4.97. The number of aromatic amines is 1. The zero-order chi connectivity index (χ0) is 6.81. The summed E-state index contributed by atoms with van der Waals surface area (Å²) in [6.45, 7) is 1.01. The number of nitrogens with zero attached hydrogens (tertiary/aromatic N) is 3. The van der Waals surface area contributed by atoms with Crippen LogP contribution < -0.4 is 4.90 Å². The molecule has 1 N–H and O–H groups in total. The Bertz CT molecular complexity index is 226. The molecule has 0 aliphatic carbocycles. The van der Waals surface area contributed by atoms with Gasteiger partial charge in [0.15, 0.2) is 0 Å². The van der Waals surface area contributed by atoms with E-state index in [0.29, 0.717) is 0 Å². The van der Waals surface area contributed by atoms with E-state index in [4.69, 9.17) is 0 Å². The molecule has 52 valence electrons. The second kappa shape index (κ2) is 2.13. The van der Waals surface area contributed by atoms with Crippen LogP contribution in [0.1, 0.15) is 6.42 Å². The molecule has 0 radical (unpaired) electrons. The van der Waals surface area contributed by atoms with E-state index >= 15 is 0 Å². The Hall–Kier alpha value is -1.32. The summed E-state index contributed by atoms with van der Waals surface area (Å²) in [5, 5.41) is 6.55. The quantitative estimate of drug-likeness (QED) is 0.612. The van der Waals surface area contributed by atoms with E-state index in [2.05, 4.69) is 21.3 Å². The Morgan fingerprint density at radius 2 is 2.60 bits per heavy atom. The molecule has 0 atom stereocenters. The molecule has 10 heavy (non-hydrogen) atoms. The molecule has 0 unspecified atom stereocenters. The average molecular weight is 136 g/mol. The largest absolute Gasteiger partial charge is 0.318 e. The van der Waals surface area contributed by atoms with Crippen molar-refractivity contribution in [3.63, 3.8) is 0 Å². The van der Waals surface area contributed by atoms with Crippen LogP contribution in [-0.4, -0.2) is 21.7 Å². The summed E-state index contributed by atoms with van der Waals surface area (Å²) in [6.07, 6.45) is 6.74. The molecular formula is C6H8N4. The van der Waals surface area contributed by atoms with Crippen molar-refractivity contribution < 1.29 is 0 Å². The summed E-state index contributed by atoms with van der Waals surface area (Å²) in [7, 11) is 0. The van der Waals surface area contributed by atoms with Crippen molar-refractivity contribution in [1.82, 2.24) is 15.2 Å². The Morgan fingerprint density at radius 1 is 1.60 bits per heavy atom. The summed E-state index contributed by atoms with van der Waals surface area (Å²) in [4.78, 5) is 6.04. The molecule has 0 saturated heterocycles. The van der Waals surface area contributed by atoms with Crippen LogP contribution in [0.2, 0.25) is 0 Å². The Kier molecular flexibility index (Phi) is 1.16.